The number of carbonyl (C=O) groups excluding carboxylic acids is 2. The van der Waals surface area contributed by atoms with Crippen molar-refractivity contribution in [2.45, 2.75) is 74.7 Å². The highest BCUT2D eigenvalue weighted by Gasteiger charge is 2.50. The summed E-state index contributed by atoms with van der Waals surface area (Å²) in [5, 5.41) is 30.6. The van der Waals surface area contributed by atoms with Gasteiger partial charge in [0.1, 0.15) is 12.2 Å². The number of hydrogen-bond donors (Lipinski definition) is 2. The van der Waals surface area contributed by atoms with Gasteiger partial charge in [0.2, 0.25) is 23.2 Å². The molecule has 0 amide bonds. The molecule has 208 valence electrons. The maximum atomic E-state index is 13.6. The molecule has 4 heterocycles. The number of carbonyl (C=O) groups is 2. The summed E-state index contributed by atoms with van der Waals surface area (Å²) in [6, 6.07) is 17.4. The standard InChI is InChI=1S/C31H30N6O4/c38-23-14-21(17-6-2-1-3-7-17)36-29(23)32-27(34-36)25(40)16-31(12-13-31)20-9-5-4-8-19(20)22-15-24(39)30-33-28(35-37(22)30)26(41)18-10-11-18/h1-9,18,21-24,38-39H,10-16H2/t21-,22+,23-,24+/m1/s1. The van der Waals surface area contributed by atoms with Crippen LogP contribution in [0, 0.1) is 5.92 Å². The number of rotatable bonds is 8. The lowest BCUT2D eigenvalue weighted by Gasteiger charge is -2.22. The van der Waals surface area contributed by atoms with Gasteiger partial charge in [-0.15, -0.1) is 10.2 Å². The number of Topliss-reactive ketones (excluding diaryl/α,β-unsaturated/α-hetero) is 2. The number of aliphatic hydroxyl groups excluding tert-OH is 2. The average molecular weight is 551 g/mol. The van der Waals surface area contributed by atoms with Gasteiger partial charge in [0.15, 0.2) is 11.6 Å². The van der Waals surface area contributed by atoms with Gasteiger partial charge >= 0.3 is 0 Å². The molecule has 10 heteroatoms. The van der Waals surface area contributed by atoms with E-state index in [1.165, 1.54) is 0 Å². The Bertz CT molecular complexity index is 1690. The van der Waals surface area contributed by atoms with Crippen molar-refractivity contribution in [2.75, 3.05) is 0 Å². The molecule has 2 saturated carbocycles. The van der Waals surface area contributed by atoms with Gasteiger partial charge < -0.3 is 10.2 Å². The average Bonchev–Trinajstić information content (AvgIpc) is 3.82. The summed E-state index contributed by atoms with van der Waals surface area (Å²) < 4.78 is 3.41. The third kappa shape index (κ3) is 3.99. The summed E-state index contributed by atoms with van der Waals surface area (Å²) in [5.74, 6) is 0.999. The minimum absolute atomic E-state index is 0.00350. The molecule has 2 aliphatic carbocycles. The minimum Gasteiger partial charge on any atom is -0.385 e. The molecule has 2 aliphatic heterocycles. The lowest BCUT2D eigenvalue weighted by molar-refractivity contribution is 0.0948. The molecule has 8 rings (SSSR count). The van der Waals surface area contributed by atoms with E-state index in [2.05, 4.69) is 26.2 Å². The Labute approximate surface area is 236 Å². The van der Waals surface area contributed by atoms with Crippen LogP contribution >= 0.6 is 0 Å². The molecule has 2 aromatic carbocycles. The number of nitrogens with zero attached hydrogens (tertiary/aromatic N) is 6. The van der Waals surface area contributed by atoms with Crippen LogP contribution in [0.3, 0.4) is 0 Å². The number of aliphatic hydroxyl groups is 2. The second-order valence-corrected chi connectivity index (χ2v) is 12.0. The molecule has 0 bridgehead atoms. The molecule has 0 radical (unpaired) electrons. The largest absolute Gasteiger partial charge is 0.385 e. The molecule has 4 aliphatic rings. The topological polar surface area (TPSA) is 136 Å². The molecule has 2 aromatic heterocycles. The van der Waals surface area contributed by atoms with Crippen LogP contribution in [0.1, 0.15) is 119 Å². The third-order valence-corrected chi connectivity index (χ3v) is 9.24. The zero-order valence-corrected chi connectivity index (χ0v) is 22.4. The summed E-state index contributed by atoms with van der Waals surface area (Å²) in [5.41, 5.74) is 2.71. The van der Waals surface area contributed by atoms with Gasteiger partial charge in [0.25, 0.3) is 0 Å². The highest BCUT2D eigenvalue weighted by molar-refractivity contribution is 5.96. The number of ketones is 2. The van der Waals surface area contributed by atoms with E-state index in [0.717, 1.165) is 42.4 Å². The van der Waals surface area contributed by atoms with Crippen LogP contribution in [0.4, 0.5) is 0 Å². The van der Waals surface area contributed by atoms with Crippen molar-refractivity contribution in [3.05, 3.63) is 94.6 Å². The summed E-state index contributed by atoms with van der Waals surface area (Å²) in [7, 11) is 0. The van der Waals surface area contributed by atoms with Gasteiger partial charge in [-0.25, -0.2) is 19.3 Å². The number of aromatic nitrogens is 6. The quantitative estimate of drug-likeness (QED) is 0.316. The SMILES string of the molecule is O=C(CC1(c2ccccc2[C@@H]2C[C@H](O)c3nc(C(=O)C4CC4)nn32)CC1)c1nc2n(n1)[C@@H](c1ccccc1)C[C@H]2O. The van der Waals surface area contributed by atoms with E-state index in [4.69, 9.17) is 0 Å². The maximum Gasteiger partial charge on any atom is 0.217 e. The molecule has 10 nitrogen and oxygen atoms in total. The highest BCUT2D eigenvalue weighted by atomic mass is 16.3. The Morgan fingerprint density at radius 2 is 1.41 bits per heavy atom. The van der Waals surface area contributed by atoms with E-state index in [0.29, 0.717) is 24.5 Å². The van der Waals surface area contributed by atoms with Crippen molar-refractivity contribution < 1.29 is 19.8 Å². The second-order valence-electron chi connectivity index (χ2n) is 12.0. The van der Waals surface area contributed by atoms with Gasteiger partial charge in [-0.05, 0) is 42.4 Å². The number of benzene rings is 2. The Hall–Kier alpha value is -4.02. The van der Waals surface area contributed by atoms with Crippen molar-refractivity contribution >= 4 is 11.6 Å². The van der Waals surface area contributed by atoms with Gasteiger partial charge in [-0.3, -0.25) is 9.59 Å². The predicted octanol–water partition coefficient (Wildman–Crippen LogP) is 3.82. The minimum atomic E-state index is -0.806. The van der Waals surface area contributed by atoms with Gasteiger partial charge in [0.05, 0.1) is 12.1 Å². The molecule has 4 atom stereocenters. The summed E-state index contributed by atoms with van der Waals surface area (Å²) in [6.07, 6.45) is 3.02. The van der Waals surface area contributed by atoms with Crippen molar-refractivity contribution in [3.8, 4) is 0 Å². The van der Waals surface area contributed by atoms with Crippen LogP contribution in [0.15, 0.2) is 54.6 Å². The van der Waals surface area contributed by atoms with Crippen LogP contribution in [-0.2, 0) is 5.41 Å². The molecular formula is C31H30N6O4. The first kappa shape index (κ1) is 24.8. The fraction of sp³-hybridized carbons (Fsp3) is 0.419. The van der Waals surface area contributed by atoms with E-state index in [1.807, 2.05) is 48.5 Å². The number of hydrogen-bond acceptors (Lipinski definition) is 8. The van der Waals surface area contributed by atoms with Crippen LogP contribution in [0.5, 0.6) is 0 Å². The Morgan fingerprint density at radius 3 is 2.12 bits per heavy atom. The third-order valence-electron chi connectivity index (χ3n) is 9.24. The van der Waals surface area contributed by atoms with E-state index in [9.17, 15) is 19.8 Å². The molecule has 41 heavy (non-hydrogen) atoms. The Balaban J connectivity index is 1.08. The second kappa shape index (κ2) is 8.99. The van der Waals surface area contributed by atoms with Crippen molar-refractivity contribution in [1.82, 2.24) is 29.5 Å². The maximum absolute atomic E-state index is 13.6. The normalized spacial score (nSPS) is 25.6. The van der Waals surface area contributed by atoms with E-state index < -0.39 is 12.2 Å². The fourth-order valence-corrected chi connectivity index (χ4v) is 6.73. The van der Waals surface area contributed by atoms with E-state index in [-0.39, 0.29) is 53.1 Å². The van der Waals surface area contributed by atoms with E-state index >= 15 is 0 Å². The Kier molecular flexibility index (Phi) is 5.43. The summed E-state index contributed by atoms with van der Waals surface area (Å²) in [6.45, 7) is 0. The molecule has 0 unspecified atom stereocenters. The van der Waals surface area contributed by atoms with Crippen molar-refractivity contribution in [2.24, 2.45) is 5.92 Å². The number of fused-ring (bicyclic) bond motifs is 2. The molecule has 4 aromatic rings. The first-order valence-electron chi connectivity index (χ1n) is 14.4. The summed E-state index contributed by atoms with van der Waals surface area (Å²) in [4.78, 5) is 35.2. The monoisotopic (exact) mass is 550 g/mol. The molecule has 2 N–H and O–H groups in total. The molecule has 0 saturated heterocycles. The van der Waals surface area contributed by atoms with Crippen LogP contribution < -0.4 is 0 Å². The van der Waals surface area contributed by atoms with Crippen LogP contribution in [0.2, 0.25) is 0 Å². The van der Waals surface area contributed by atoms with Crippen molar-refractivity contribution in [1.29, 1.82) is 0 Å². The van der Waals surface area contributed by atoms with Gasteiger partial charge in [-0.1, -0.05) is 54.6 Å². The molecular weight excluding hydrogens is 520 g/mol. The first-order chi connectivity index (χ1) is 19.9. The zero-order valence-electron chi connectivity index (χ0n) is 22.4. The predicted molar refractivity (Wildman–Crippen MR) is 145 cm³/mol. The molecule has 0 spiro atoms. The smallest absolute Gasteiger partial charge is 0.217 e. The fourth-order valence-electron chi connectivity index (χ4n) is 6.73. The Morgan fingerprint density at radius 1 is 0.805 bits per heavy atom. The first-order valence-corrected chi connectivity index (χ1v) is 14.4. The highest BCUT2D eigenvalue weighted by Crippen LogP contribution is 2.54. The van der Waals surface area contributed by atoms with Crippen LogP contribution in [-0.4, -0.2) is 51.3 Å². The molecule has 2 fully saturated rings. The van der Waals surface area contributed by atoms with E-state index in [1.54, 1.807) is 9.36 Å². The zero-order chi connectivity index (χ0) is 27.9. The lowest BCUT2D eigenvalue weighted by atomic mass is 9.84. The van der Waals surface area contributed by atoms with Crippen molar-refractivity contribution in [3.63, 3.8) is 0 Å². The lowest BCUT2D eigenvalue weighted by Crippen LogP contribution is -2.20. The van der Waals surface area contributed by atoms with Crippen LogP contribution in [0.25, 0.3) is 0 Å². The van der Waals surface area contributed by atoms with Gasteiger partial charge in [0, 0.05) is 30.6 Å². The summed E-state index contributed by atoms with van der Waals surface area (Å²) >= 11 is 0. The van der Waals surface area contributed by atoms with Gasteiger partial charge in [-0.2, -0.15) is 0 Å².